The Morgan fingerprint density at radius 1 is 1.00 bits per heavy atom. The second-order valence-electron chi connectivity index (χ2n) is 4.50. The van der Waals surface area contributed by atoms with Gasteiger partial charge in [0.25, 0.3) is 0 Å². The van der Waals surface area contributed by atoms with Crippen molar-refractivity contribution in [3.63, 3.8) is 0 Å². The third kappa shape index (κ3) is 2.81. The van der Waals surface area contributed by atoms with E-state index >= 15 is 0 Å². The summed E-state index contributed by atoms with van der Waals surface area (Å²) in [5.74, 6) is 0. The zero-order valence-corrected chi connectivity index (χ0v) is 10.2. The third-order valence-corrected chi connectivity index (χ3v) is 8.39. The van der Waals surface area contributed by atoms with Gasteiger partial charge in [-0.2, -0.15) is 0 Å². The van der Waals surface area contributed by atoms with Gasteiger partial charge < -0.3 is 4.80 Å². The fourth-order valence-corrected chi connectivity index (χ4v) is 5.78. The summed E-state index contributed by atoms with van der Waals surface area (Å²) in [6.45, 7) is 4.36. The molecule has 1 saturated carbocycles. The zero-order valence-electron chi connectivity index (χ0n) is 9.18. The summed E-state index contributed by atoms with van der Waals surface area (Å²) in [7, 11) is -1.83. The van der Waals surface area contributed by atoms with Crippen molar-refractivity contribution >= 4 is 8.32 Å². The van der Waals surface area contributed by atoms with Crippen molar-refractivity contribution in [2.75, 3.05) is 0 Å². The van der Waals surface area contributed by atoms with E-state index in [4.69, 9.17) is 0 Å². The molecule has 1 nitrogen and oxygen atoms in total. The topological polar surface area (TPSA) is 20.2 Å². The minimum Gasteiger partial charge on any atom is -0.431 e. The van der Waals surface area contributed by atoms with E-state index in [1.165, 1.54) is 38.5 Å². The van der Waals surface area contributed by atoms with Gasteiger partial charge in [-0.25, -0.2) is 0 Å². The molecule has 0 atom stereocenters. The highest BCUT2D eigenvalue weighted by atomic mass is 28.4. The molecule has 1 aliphatic carbocycles. The first kappa shape index (κ1) is 11.3. The molecule has 0 unspecified atom stereocenters. The van der Waals surface area contributed by atoms with Crippen LogP contribution in [0, 0.1) is 0 Å². The summed E-state index contributed by atoms with van der Waals surface area (Å²) in [4.78, 5) is 10.5. The van der Waals surface area contributed by atoms with E-state index in [0.29, 0.717) is 5.54 Å². The lowest BCUT2D eigenvalue weighted by Crippen LogP contribution is -2.38. The highest BCUT2D eigenvalue weighted by molar-refractivity contribution is 6.73. The maximum atomic E-state index is 10.5. The molecular formula is C11H24OSi. The van der Waals surface area contributed by atoms with Gasteiger partial charge in [-0.3, -0.25) is 0 Å². The van der Waals surface area contributed by atoms with E-state index < -0.39 is 8.32 Å². The molecule has 0 heterocycles. The van der Waals surface area contributed by atoms with Crippen LogP contribution in [-0.2, 0) is 0 Å². The molecule has 0 aromatic rings. The molecule has 2 heteroatoms. The molecule has 13 heavy (non-hydrogen) atoms. The average molecular weight is 200 g/mol. The largest absolute Gasteiger partial charge is 0.431 e. The fourth-order valence-electron chi connectivity index (χ4n) is 2.64. The highest BCUT2D eigenvalue weighted by Gasteiger charge is 2.36. The quantitative estimate of drug-likeness (QED) is 0.544. The zero-order chi connectivity index (χ0) is 9.73. The third-order valence-electron chi connectivity index (χ3n) is 3.84. The van der Waals surface area contributed by atoms with E-state index in [0.717, 1.165) is 12.1 Å². The van der Waals surface area contributed by atoms with Crippen molar-refractivity contribution in [1.82, 2.24) is 0 Å². The Morgan fingerprint density at radius 3 is 1.85 bits per heavy atom. The molecule has 0 spiro atoms. The van der Waals surface area contributed by atoms with E-state index in [9.17, 15) is 4.80 Å². The van der Waals surface area contributed by atoms with Crippen LogP contribution in [0.25, 0.3) is 0 Å². The highest BCUT2D eigenvalue weighted by Crippen LogP contribution is 2.38. The summed E-state index contributed by atoms with van der Waals surface area (Å²) < 4.78 is 0. The molecule has 78 valence electrons. The van der Waals surface area contributed by atoms with Crippen LogP contribution in [0.2, 0.25) is 17.6 Å². The van der Waals surface area contributed by atoms with Crippen LogP contribution in [0.1, 0.15) is 52.4 Å². The summed E-state index contributed by atoms with van der Waals surface area (Å²) >= 11 is 0. The van der Waals surface area contributed by atoms with Crippen LogP contribution in [0.5, 0.6) is 0 Å². The number of hydrogen-bond donors (Lipinski definition) is 1. The van der Waals surface area contributed by atoms with Crippen LogP contribution in [0.3, 0.4) is 0 Å². The second kappa shape index (κ2) is 5.16. The average Bonchev–Trinajstić information content (AvgIpc) is 2.45. The van der Waals surface area contributed by atoms with Crippen LogP contribution >= 0.6 is 0 Å². The molecule has 1 fully saturated rings. The number of rotatable bonds is 3. The maximum absolute atomic E-state index is 10.5. The van der Waals surface area contributed by atoms with Crippen molar-refractivity contribution in [1.29, 1.82) is 0 Å². The van der Waals surface area contributed by atoms with Gasteiger partial charge in [0, 0.05) is 0 Å². The molecular weight excluding hydrogens is 176 g/mol. The van der Waals surface area contributed by atoms with Gasteiger partial charge in [-0.05, 0) is 17.6 Å². The monoisotopic (exact) mass is 200 g/mol. The molecule has 0 aromatic heterocycles. The lowest BCUT2D eigenvalue weighted by Gasteiger charge is -2.31. The molecule has 0 amide bonds. The lowest BCUT2D eigenvalue weighted by molar-refractivity contribution is 0.479. The van der Waals surface area contributed by atoms with Gasteiger partial charge in [0.1, 0.15) is 0 Å². The Kier molecular flexibility index (Phi) is 4.46. The van der Waals surface area contributed by atoms with E-state index in [1.807, 2.05) is 0 Å². The molecule has 1 rings (SSSR count). The van der Waals surface area contributed by atoms with Crippen molar-refractivity contribution in [2.24, 2.45) is 0 Å². The first-order valence-electron chi connectivity index (χ1n) is 5.95. The Bertz CT molecular complexity index is 135. The van der Waals surface area contributed by atoms with Gasteiger partial charge in [0.2, 0.25) is 0 Å². The normalized spacial score (nSPS) is 21.5. The first-order valence-corrected chi connectivity index (χ1v) is 8.39. The summed E-state index contributed by atoms with van der Waals surface area (Å²) in [5, 5.41) is 0. The van der Waals surface area contributed by atoms with Crippen molar-refractivity contribution in [3.05, 3.63) is 0 Å². The predicted octanol–water partition coefficient (Wildman–Crippen LogP) is 3.69. The molecule has 0 aromatic carbocycles. The minimum atomic E-state index is -1.83. The fraction of sp³-hybridized carbons (Fsp3) is 1.00. The standard InChI is InChI=1S/C11H24OSi/c1-3-13(12,4-2)11-9-7-5-6-8-10-11/h11-12H,3-10H2,1-2H3. The lowest BCUT2D eigenvalue weighted by atomic mass is 10.2. The predicted molar refractivity (Wildman–Crippen MR) is 60.4 cm³/mol. The van der Waals surface area contributed by atoms with Crippen LogP contribution in [0.4, 0.5) is 0 Å². The summed E-state index contributed by atoms with van der Waals surface area (Å²) in [6.07, 6.45) is 8.14. The molecule has 0 aliphatic heterocycles. The Labute approximate surface area is 83.7 Å². The van der Waals surface area contributed by atoms with Crippen LogP contribution in [-0.4, -0.2) is 13.1 Å². The maximum Gasteiger partial charge on any atom is 0.191 e. The Morgan fingerprint density at radius 2 is 1.46 bits per heavy atom. The van der Waals surface area contributed by atoms with Crippen molar-refractivity contribution in [3.8, 4) is 0 Å². The molecule has 0 bridgehead atoms. The number of hydrogen-bond acceptors (Lipinski definition) is 1. The van der Waals surface area contributed by atoms with Gasteiger partial charge >= 0.3 is 0 Å². The van der Waals surface area contributed by atoms with Crippen LogP contribution < -0.4 is 0 Å². The van der Waals surface area contributed by atoms with E-state index in [1.54, 1.807) is 0 Å². The smallest absolute Gasteiger partial charge is 0.191 e. The van der Waals surface area contributed by atoms with Gasteiger partial charge in [0.15, 0.2) is 8.32 Å². The minimum absolute atomic E-state index is 0.713. The van der Waals surface area contributed by atoms with Crippen molar-refractivity contribution < 1.29 is 4.80 Å². The Balaban J connectivity index is 2.55. The molecule has 1 N–H and O–H groups in total. The Hall–Kier alpha value is 0.177. The molecule has 1 aliphatic rings. The van der Waals surface area contributed by atoms with Crippen LogP contribution in [0.15, 0.2) is 0 Å². The van der Waals surface area contributed by atoms with Gasteiger partial charge in [0.05, 0.1) is 0 Å². The van der Waals surface area contributed by atoms with E-state index in [2.05, 4.69) is 13.8 Å². The van der Waals surface area contributed by atoms with Gasteiger partial charge in [-0.1, -0.05) is 52.4 Å². The molecule has 0 saturated heterocycles. The summed E-state index contributed by atoms with van der Waals surface area (Å²) in [6, 6.07) is 2.13. The molecule has 0 radical (unpaired) electrons. The first-order chi connectivity index (χ1) is 6.23. The van der Waals surface area contributed by atoms with Crippen molar-refractivity contribution in [2.45, 2.75) is 70.0 Å². The summed E-state index contributed by atoms with van der Waals surface area (Å²) in [5.41, 5.74) is 0.713. The van der Waals surface area contributed by atoms with Gasteiger partial charge in [-0.15, -0.1) is 0 Å². The van der Waals surface area contributed by atoms with E-state index in [-0.39, 0.29) is 0 Å². The SMILES string of the molecule is CC[Si](O)(CC)C1CCCCCC1. The second-order valence-corrected chi connectivity index (χ2v) is 8.94.